The normalized spacial score (nSPS) is 16.9. The highest BCUT2D eigenvalue weighted by Gasteiger charge is 2.46. The monoisotopic (exact) mass is 309 g/mol. The van der Waals surface area contributed by atoms with Crippen molar-refractivity contribution in [2.24, 2.45) is 0 Å². The number of hydrogen-bond donors (Lipinski definition) is 1. The van der Waals surface area contributed by atoms with Gasteiger partial charge in [-0.15, -0.1) is 0 Å². The molecular weight excluding hydrogens is 289 g/mol. The molecule has 5 nitrogen and oxygen atoms in total. The summed E-state index contributed by atoms with van der Waals surface area (Å²) in [6.45, 7) is 0. The van der Waals surface area contributed by atoms with Crippen LogP contribution in [0.2, 0.25) is 0 Å². The van der Waals surface area contributed by atoms with E-state index in [0.29, 0.717) is 12.8 Å². The molecule has 0 radical (unpaired) electrons. The summed E-state index contributed by atoms with van der Waals surface area (Å²) < 4.78 is 18.6. The predicted molar refractivity (Wildman–Crippen MR) is 78.5 cm³/mol. The number of amides is 1. The number of nitrogens with zero attached hydrogens (tertiary/aromatic N) is 1. The quantitative estimate of drug-likeness (QED) is 0.928. The van der Waals surface area contributed by atoms with Crippen molar-refractivity contribution in [2.75, 3.05) is 14.2 Å². The number of benzene rings is 1. The summed E-state index contributed by atoms with van der Waals surface area (Å²) in [7, 11) is 2.85. The minimum Gasteiger partial charge on any atom is -0.496 e. The molecule has 1 N–H and O–H groups in total. The van der Waals surface area contributed by atoms with Gasteiger partial charge < -0.3 is 14.7 Å². The lowest BCUT2D eigenvalue weighted by Gasteiger charge is -2.41. The van der Waals surface area contributed by atoms with Crippen molar-refractivity contribution in [3.8, 4) is 5.75 Å². The van der Waals surface area contributed by atoms with E-state index < -0.39 is 23.2 Å². The van der Waals surface area contributed by atoms with Gasteiger partial charge in [-0.1, -0.05) is 19.3 Å². The minimum absolute atomic E-state index is 0.0381. The van der Waals surface area contributed by atoms with Gasteiger partial charge in [0.2, 0.25) is 0 Å². The second-order valence-electron chi connectivity index (χ2n) is 5.61. The molecule has 0 spiro atoms. The maximum atomic E-state index is 13.5. The fourth-order valence-corrected chi connectivity index (χ4v) is 3.05. The number of hydrogen-bond acceptors (Lipinski definition) is 3. The van der Waals surface area contributed by atoms with E-state index in [2.05, 4.69) is 0 Å². The molecule has 120 valence electrons. The Morgan fingerprint density at radius 1 is 1.27 bits per heavy atom. The van der Waals surface area contributed by atoms with Crippen molar-refractivity contribution < 1.29 is 23.8 Å². The Kier molecular flexibility index (Phi) is 4.68. The Labute approximate surface area is 128 Å². The van der Waals surface area contributed by atoms with E-state index in [1.165, 1.54) is 31.2 Å². The average Bonchev–Trinajstić information content (AvgIpc) is 2.53. The van der Waals surface area contributed by atoms with Crippen LogP contribution in [0.4, 0.5) is 4.39 Å². The lowest BCUT2D eigenvalue weighted by Crippen LogP contribution is -2.56. The molecular formula is C16H20FNO4. The molecule has 1 aromatic carbocycles. The summed E-state index contributed by atoms with van der Waals surface area (Å²) in [5, 5.41) is 9.64. The zero-order valence-electron chi connectivity index (χ0n) is 12.8. The predicted octanol–water partition coefficient (Wildman–Crippen LogP) is 2.69. The molecule has 2 rings (SSSR count). The van der Waals surface area contributed by atoms with Crippen LogP contribution in [-0.2, 0) is 4.79 Å². The fraction of sp³-hybridized carbons (Fsp3) is 0.500. The molecule has 22 heavy (non-hydrogen) atoms. The zero-order valence-corrected chi connectivity index (χ0v) is 12.8. The van der Waals surface area contributed by atoms with Crippen LogP contribution < -0.4 is 4.74 Å². The van der Waals surface area contributed by atoms with Gasteiger partial charge in [-0.05, 0) is 31.0 Å². The summed E-state index contributed by atoms with van der Waals surface area (Å²) in [5.74, 6) is -1.89. The van der Waals surface area contributed by atoms with Gasteiger partial charge in [0.1, 0.15) is 17.1 Å². The first-order valence-corrected chi connectivity index (χ1v) is 7.27. The third-order valence-electron chi connectivity index (χ3n) is 4.42. The molecule has 0 unspecified atom stereocenters. The first-order chi connectivity index (χ1) is 10.4. The first kappa shape index (κ1) is 16.3. The van der Waals surface area contributed by atoms with E-state index in [0.717, 1.165) is 25.3 Å². The topological polar surface area (TPSA) is 66.8 Å². The molecule has 1 aromatic rings. The van der Waals surface area contributed by atoms with Crippen LogP contribution in [0.15, 0.2) is 18.2 Å². The van der Waals surface area contributed by atoms with Crippen LogP contribution in [0.5, 0.6) is 5.75 Å². The van der Waals surface area contributed by atoms with Gasteiger partial charge in [-0.3, -0.25) is 4.79 Å². The standard InChI is InChI=1S/C16H20FNO4/c1-18(16(15(20)21)8-4-3-5-9-16)14(19)12-10-11(17)6-7-13(12)22-2/h6-7,10H,3-5,8-9H2,1-2H3,(H,20,21). The number of aliphatic carboxylic acids is 1. The van der Waals surface area contributed by atoms with Crippen molar-refractivity contribution in [2.45, 2.75) is 37.6 Å². The SMILES string of the molecule is COc1ccc(F)cc1C(=O)N(C)C1(C(=O)O)CCCCC1. The number of halogens is 1. The Bertz CT molecular complexity index is 582. The van der Waals surface area contributed by atoms with Crippen LogP contribution in [0.3, 0.4) is 0 Å². The number of carboxylic acid groups (broad SMARTS) is 1. The second kappa shape index (κ2) is 6.34. The van der Waals surface area contributed by atoms with Crippen molar-refractivity contribution in [1.82, 2.24) is 4.90 Å². The number of methoxy groups -OCH3 is 1. The summed E-state index contributed by atoms with van der Waals surface area (Å²) in [5.41, 5.74) is -1.19. The molecule has 1 fully saturated rings. The molecule has 0 aromatic heterocycles. The largest absolute Gasteiger partial charge is 0.496 e. The van der Waals surface area contributed by atoms with Crippen LogP contribution in [0.1, 0.15) is 42.5 Å². The molecule has 0 atom stereocenters. The molecule has 6 heteroatoms. The van der Waals surface area contributed by atoms with E-state index in [4.69, 9.17) is 4.74 Å². The number of rotatable bonds is 4. The van der Waals surface area contributed by atoms with E-state index in [1.807, 2.05) is 0 Å². The summed E-state index contributed by atoms with van der Waals surface area (Å²) in [4.78, 5) is 25.7. The van der Waals surface area contributed by atoms with E-state index in [9.17, 15) is 19.1 Å². The fourth-order valence-electron chi connectivity index (χ4n) is 3.05. The summed E-state index contributed by atoms with van der Waals surface area (Å²) in [6.07, 6.45) is 3.28. The Morgan fingerprint density at radius 3 is 2.45 bits per heavy atom. The van der Waals surface area contributed by atoms with Crippen LogP contribution in [0.25, 0.3) is 0 Å². The van der Waals surface area contributed by atoms with Gasteiger partial charge in [0.15, 0.2) is 0 Å². The van der Waals surface area contributed by atoms with Gasteiger partial charge in [0.25, 0.3) is 5.91 Å². The number of carbonyl (C=O) groups excluding carboxylic acids is 1. The van der Waals surface area contributed by atoms with E-state index >= 15 is 0 Å². The first-order valence-electron chi connectivity index (χ1n) is 7.27. The van der Waals surface area contributed by atoms with Gasteiger partial charge >= 0.3 is 5.97 Å². The highest BCUT2D eigenvalue weighted by Crippen LogP contribution is 2.35. The average molecular weight is 309 g/mol. The number of ether oxygens (including phenoxy) is 1. The van der Waals surface area contributed by atoms with Crippen LogP contribution in [0, 0.1) is 5.82 Å². The smallest absolute Gasteiger partial charge is 0.329 e. The lowest BCUT2D eigenvalue weighted by molar-refractivity contribution is -0.151. The summed E-state index contributed by atoms with van der Waals surface area (Å²) in [6, 6.07) is 3.64. The molecule has 0 saturated heterocycles. The molecule has 1 aliphatic rings. The second-order valence-corrected chi connectivity index (χ2v) is 5.61. The Morgan fingerprint density at radius 2 is 1.91 bits per heavy atom. The zero-order chi connectivity index (χ0) is 16.3. The molecule has 0 heterocycles. The van der Waals surface area contributed by atoms with Crippen LogP contribution >= 0.6 is 0 Å². The number of likely N-dealkylation sites (N-methyl/N-ethyl adjacent to an activating group) is 1. The molecule has 1 saturated carbocycles. The van der Waals surface area contributed by atoms with Crippen molar-refractivity contribution >= 4 is 11.9 Å². The summed E-state index contributed by atoms with van der Waals surface area (Å²) >= 11 is 0. The highest BCUT2D eigenvalue weighted by atomic mass is 19.1. The van der Waals surface area contributed by atoms with Crippen molar-refractivity contribution in [3.63, 3.8) is 0 Å². The third kappa shape index (κ3) is 2.77. The van der Waals surface area contributed by atoms with Gasteiger partial charge in [0.05, 0.1) is 12.7 Å². The van der Waals surface area contributed by atoms with Crippen molar-refractivity contribution in [3.05, 3.63) is 29.6 Å². The minimum atomic E-state index is -1.23. The lowest BCUT2D eigenvalue weighted by atomic mass is 9.80. The Hall–Kier alpha value is -2.11. The Balaban J connectivity index is 2.39. The molecule has 1 amide bonds. The molecule has 0 bridgehead atoms. The highest BCUT2D eigenvalue weighted by molar-refractivity contribution is 5.99. The van der Waals surface area contributed by atoms with Gasteiger partial charge in [0, 0.05) is 7.05 Å². The number of carbonyl (C=O) groups is 2. The maximum absolute atomic E-state index is 13.5. The van der Waals surface area contributed by atoms with E-state index in [-0.39, 0.29) is 11.3 Å². The third-order valence-corrected chi connectivity index (χ3v) is 4.42. The molecule has 0 aliphatic heterocycles. The van der Waals surface area contributed by atoms with Gasteiger partial charge in [-0.2, -0.15) is 0 Å². The van der Waals surface area contributed by atoms with Gasteiger partial charge in [-0.25, -0.2) is 9.18 Å². The molecule has 1 aliphatic carbocycles. The van der Waals surface area contributed by atoms with E-state index in [1.54, 1.807) is 0 Å². The van der Waals surface area contributed by atoms with Crippen molar-refractivity contribution in [1.29, 1.82) is 0 Å². The van der Waals surface area contributed by atoms with Crippen LogP contribution in [-0.4, -0.2) is 41.6 Å². The maximum Gasteiger partial charge on any atom is 0.329 e. The number of carboxylic acids is 1.